The molecule has 1 rings (SSSR count). The Bertz CT molecular complexity index is 330. The van der Waals surface area contributed by atoms with E-state index < -0.39 is 6.09 Å². The van der Waals surface area contributed by atoms with E-state index >= 15 is 0 Å². The molecule has 0 aliphatic heterocycles. The molecule has 6 heteroatoms. The second kappa shape index (κ2) is 2.82. The zero-order valence-electron chi connectivity index (χ0n) is 5.38. The van der Waals surface area contributed by atoms with Gasteiger partial charge in [-0.1, -0.05) is 0 Å². The van der Waals surface area contributed by atoms with Crippen LogP contribution in [0.15, 0.2) is 23.5 Å². The van der Waals surface area contributed by atoms with Crippen LogP contribution in [0.1, 0.15) is 0 Å². The second-order valence-corrected chi connectivity index (χ2v) is 1.66. The lowest BCUT2D eigenvalue weighted by Gasteiger charge is -1.92. The molecule has 1 heterocycles. The zero-order chi connectivity index (χ0) is 8.27. The summed E-state index contributed by atoms with van der Waals surface area (Å²) in [7, 11) is 0. The number of hydrogen-bond acceptors (Lipinski definition) is 3. The van der Waals surface area contributed by atoms with E-state index in [0.717, 1.165) is 0 Å². The van der Waals surface area contributed by atoms with Crippen molar-refractivity contribution in [1.82, 2.24) is 9.71 Å². The predicted molar refractivity (Wildman–Crippen MR) is 33.0 cm³/mol. The molecule has 0 unspecified atom stereocenters. The van der Waals surface area contributed by atoms with Gasteiger partial charge < -0.3 is 10.3 Å². The van der Waals surface area contributed by atoms with Crippen LogP contribution >= 0.6 is 0 Å². The zero-order valence-corrected chi connectivity index (χ0v) is 5.38. The van der Waals surface area contributed by atoms with Gasteiger partial charge in [0.2, 0.25) is 0 Å². The van der Waals surface area contributed by atoms with Crippen LogP contribution in [0.5, 0.6) is 0 Å². The van der Waals surface area contributed by atoms with Crippen LogP contribution in [0.2, 0.25) is 0 Å². The Morgan fingerprint density at radius 1 is 1.73 bits per heavy atom. The molecule has 0 saturated heterocycles. The van der Waals surface area contributed by atoms with E-state index in [2.05, 4.69) is 9.98 Å². The van der Waals surface area contributed by atoms with Crippen molar-refractivity contribution >= 4 is 6.09 Å². The first-order valence-electron chi connectivity index (χ1n) is 2.71. The van der Waals surface area contributed by atoms with Gasteiger partial charge in [-0.25, -0.2) is 9.78 Å². The maximum atomic E-state index is 9.99. The van der Waals surface area contributed by atoms with Crippen molar-refractivity contribution < 1.29 is 15.1 Å². The van der Waals surface area contributed by atoms with Crippen LogP contribution in [0.25, 0.3) is 0 Å². The Kier molecular flexibility index (Phi) is 1.86. The maximum Gasteiger partial charge on any atom is 0.434 e. The Morgan fingerprint density at radius 2 is 2.45 bits per heavy atom. The lowest BCUT2D eigenvalue weighted by molar-refractivity contribution is 0.163. The van der Waals surface area contributed by atoms with E-state index in [4.69, 9.17) is 10.3 Å². The maximum absolute atomic E-state index is 9.99. The molecule has 0 saturated carbocycles. The van der Waals surface area contributed by atoms with Crippen LogP contribution in [0, 0.1) is 0 Å². The van der Waals surface area contributed by atoms with Crippen LogP contribution in [0.3, 0.4) is 0 Å². The minimum Gasteiger partial charge on any atom is -0.463 e. The van der Waals surface area contributed by atoms with Gasteiger partial charge in [0.05, 0.1) is 0 Å². The Labute approximate surface area is 61.0 Å². The number of hydrogen-bond donors (Lipinski definition) is 2. The van der Waals surface area contributed by atoms with Gasteiger partial charge in [0.15, 0.2) is 0 Å². The topological polar surface area (TPSA) is 87.7 Å². The smallest absolute Gasteiger partial charge is 0.434 e. The van der Waals surface area contributed by atoms with E-state index in [1.54, 1.807) is 0 Å². The van der Waals surface area contributed by atoms with Crippen molar-refractivity contribution in [3.05, 3.63) is 24.1 Å². The van der Waals surface area contributed by atoms with E-state index in [0.29, 0.717) is 4.73 Å². The van der Waals surface area contributed by atoms with E-state index in [-0.39, 0.29) is 5.62 Å². The van der Waals surface area contributed by atoms with Gasteiger partial charge >= 0.3 is 6.09 Å². The molecule has 0 fully saturated rings. The normalized spacial score (nSPS) is 11.5. The first kappa shape index (κ1) is 7.26. The average molecular weight is 155 g/mol. The van der Waals surface area contributed by atoms with Gasteiger partial charge in [0.25, 0.3) is 5.62 Å². The van der Waals surface area contributed by atoms with Crippen LogP contribution in [0.4, 0.5) is 4.79 Å². The summed E-state index contributed by atoms with van der Waals surface area (Å²) < 4.78 is 0.522. The molecular formula is C5H5N3O3. The van der Waals surface area contributed by atoms with E-state index in [9.17, 15) is 4.79 Å². The number of carboxylic acid groups (broad SMARTS) is 1. The fraction of sp³-hybridized carbons (Fsp3) is 0. The highest BCUT2D eigenvalue weighted by atomic mass is 16.5. The molecule has 6 nitrogen and oxygen atoms in total. The number of amides is 1. The third-order valence-corrected chi connectivity index (χ3v) is 0.904. The van der Waals surface area contributed by atoms with Gasteiger partial charge in [-0.3, -0.25) is 0 Å². The lowest BCUT2D eigenvalue weighted by atomic mass is 10.7. The largest absolute Gasteiger partial charge is 0.463 e. The van der Waals surface area contributed by atoms with Crippen molar-refractivity contribution in [2.45, 2.75) is 0 Å². The van der Waals surface area contributed by atoms with Crippen molar-refractivity contribution in [3.8, 4) is 0 Å². The lowest BCUT2D eigenvalue weighted by Crippen LogP contribution is -2.22. The molecule has 2 N–H and O–H groups in total. The minimum absolute atomic E-state index is 0.264. The van der Waals surface area contributed by atoms with Crippen molar-refractivity contribution in [1.29, 1.82) is 0 Å². The highest BCUT2D eigenvalue weighted by molar-refractivity contribution is 5.65. The molecule has 0 spiro atoms. The van der Waals surface area contributed by atoms with E-state index in [1.165, 1.54) is 18.5 Å². The van der Waals surface area contributed by atoms with Crippen molar-refractivity contribution in [2.24, 2.45) is 4.99 Å². The summed E-state index contributed by atoms with van der Waals surface area (Å²) in [5, 5.41) is 17.0. The minimum atomic E-state index is -1.40. The molecule has 58 valence electrons. The van der Waals surface area contributed by atoms with Crippen LogP contribution < -0.4 is 5.62 Å². The van der Waals surface area contributed by atoms with Gasteiger partial charge in [-0.05, 0) is 6.07 Å². The van der Waals surface area contributed by atoms with Gasteiger partial charge in [0.1, 0.15) is 0 Å². The molecule has 1 amide bonds. The Morgan fingerprint density at radius 3 is 3.00 bits per heavy atom. The van der Waals surface area contributed by atoms with E-state index in [1.807, 2.05) is 0 Å². The average Bonchev–Trinajstić information content (AvgIpc) is 1.93. The summed E-state index contributed by atoms with van der Waals surface area (Å²) in [5.74, 6) is 0. The van der Waals surface area contributed by atoms with Gasteiger partial charge in [-0.2, -0.15) is 4.73 Å². The first-order valence-corrected chi connectivity index (χ1v) is 2.71. The molecule has 0 bridgehead atoms. The standard InChI is InChI=1S/C5H5N3O3/c9-5(10)7-4-6-2-1-3-8(4)11/h1-3,11H,(H,9,10). The molecule has 0 atom stereocenters. The monoisotopic (exact) mass is 155 g/mol. The molecule has 0 radical (unpaired) electrons. The fourth-order valence-electron chi connectivity index (χ4n) is 0.521. The molecule has 1 aromatic heterocycles. The molecule has 11 heavy (non-hydrogen) atoms. The highest BCUT2D eigenvalue weighted by Crippen LogP contribution is 1.72. The predicted octanol–water partition coefficient (Wildman–Crippen LogP) is -0.301. The van der Waals surface area contributed by atoms with Crippen molar-refractivity contribution in [2.75, 3.05) is 0 Å². The van der Waals surface area contributed by atoms with Gasteiger partial charge in [0, 0.05) is 12.4 Å². The van der Waals surface area contributed by atoms with Gasteiger partial charge in [-0.15, -0.1) is 4.99 Å². The number of nitrogens with zero attached hydrogens (tertiary/aromatic N) is 3. The Hall–Kier alpha value is -1.85. The fourth-order valence-corrected chi connectivity index (χ4v) is 0.521. The summed E-state index contributed by atoms with van der Waals surface area (Å²) in [6.45, 7) is 0. The van der Waals surface area contributed by atoms with Crippen LogP contribution in [-0.4, -0.2) is 26.1 Å². The summed E-state index contributed by atoms with van der Waals surface area (Å²) in [4.78, 5) is 16.5. The second-order valence-electron chi connectivity index (χ2n) is 1.66. The summed E-state index contributed by atoms with van der Waals surface area (Å²) in [5.41, 5.74) is -0.264. The third kappa shape index (κ3) is 1.78. The molecular weight excluding hydrogens is 150 g/mol. The quantitative estimate of drug-likeness (QED) is 0.503. The number of aromatic nitrogens is 2. The molecule has 0 aliphatic carbocycles. The summed E-state index contributed by atoms with van der Waals surface area (Å²) in [6.07, 6.45) is 1.16. The number of rotatable bonds is 0. The molecule has 0 aliphatic rings. The highest BCUT2D eigenvalue weighted by Gasteiger charge is 1.92. The van der Waals surface area contributed by atoms with Crippen LogP contribution in [-0.2, 0) is 0 Å². The molecule has 1 aromatic rings. The Balaban J connectivity index is 3.23. The molecule has 0 aromatic carbocycles. The first-order chi connectivity index (χ1) is 5.20. The SMILES string of the molecule is O=C(O)N=c1ncccn1O. The van der Waals surface area contributed by atoms with Crippen molar-refractivity contribution in [3.63, 3.8) is 0 Å². The summed E-state index contributed by atoms with van der Waals surface area (Å²) in [6, 6.07) is 1.45. The third-order valence-electron chi connectivity index (χ3n) is 0.904. The summed E-state index contributed by atoms with van der Waals surface area (Å²) >= 11 is 0. The number of carbonyl (C=O) groups is 1.